The number of hydrogen-bond acceptors (Lipinski definition) is 6. The predicted molar refractivity (Wildman–Crippen MR) is 127 cm³/mol. The number of carboxylic acids is 1. The van der Waals surface area contributed by atoms with Crippen molar-refractivity contribution in [2.45, 2.75) is 20.0 Å². The topological polar surface area (TPSA) is 115 Å². The van der Waals surface area contributed by atoms with Gasteiger partial charge in [0.1, 0.15) is 17.5 Å². The second-order valence-electron chi connectivity index (χ2n) is 7.48. The number of aryl methyl sites for hydroxylation is 1. The molecule has 8 nitrogen and oxygen atoms in total. The van der Waals surface area contributed by atoms with Gasteiger partial charge in [-0.15, -0.1) is 0 Å². The molecule has 1 unspecified atom stereocenters. The van der Waals surface area contributed by atoms with Gasteiger partial charge >= 0.3 is 12.1 Å². The molecule has 2 heterocycles. The summed E-state index contributed by atoms with van der Waals surface area (Å²) >= 11 is 6.19. The second-order valence-corrected chi connectivity index (χ2v) is 7.89. The number of halogens is 1. The average molecular weight is 478 g/mol. The summed E-state index contributed by atoms with van der Waals surface area (Å²) in [6.07, 6.45) is 0.174. The Morgan fingerprint density at radius 3 is 2.62 bits per heavy atom. The monoisotopic (exact) mass is 477 g/mol. The van der Waals surface area contributed by atoms with Gasteiger partial charge in [0.05, 0.1) is 11.3 Å². The first kappa shape index (κ1) is 23.0. The molecule has 0 radical (unpaired) electrons. The Labute approximate surface area is 200 Å². The molecule has 0 saturated heterocycles. The Hall–Kier alpha value is -4.17. The van der Waals surface area contributed by atoms with Crippen LogP contribution < -0.4 is 5.32 Å². The fourth-order valence-corrected chi connectivity index (χ4v) is 3.70. The van der Waals surface area contributed by atoms with Crippen LogP contribution in [-0.4, -0.2) is 27.3 Å². The second kappa shape index (κ2) is 9.76. The van der Waals surface area contributed by atoms with Crippen molar-refractivity contribution in [1.82, 2.24) is 10.1 Å². The highest BCUT2D eigenvalue weighted by Crippen LogP contribution is 2.34. The lowest BCUT2D eigenvalue weighted by Gasteiger charge is -2.15. The number of anilines is 1. The normalized spacial score (nSPS) is 11.6. The number of carbonyl (C=O) groups excluding carboxylic acids is 1. The highest BCUT2D eigenvalue weighted by Gasteiger charge is 2.21. The van der Waals surface area contributed by atoms with Gasteiger partial charge in [-0.3, -0.25) is 10.3 Å². The van der Waals surface area contributed by atoms with Crippen molar-refractivity contribution in [2.24, 2.45) is 0 Å². The van der Waals surface area contributed by atoms with Crippen molar-refractivity contribution in [3.8, 4) is 22.6 Å². The van der Waals surface area contributed by atoms with E-state index in [0.29, 0.717) is 44.5 Å². The highest BCUT2D eigenvalue weighted by molar-refractivity contribution is 6.31. The zero-order chi connectivity index (χ0) is 24.2. The Balaban J connectivity index is 1.58. The van der Waals surface area contributed by atoms with E-state index in [-0.39, 0.29) is 5.56 Å². The number of pyridine rings is 1. The van der Waals surface area contributed by atoms with Crippen molar-refractivity contribution < 1.29 is 24.0 Å². The molecule has 172 valence electrons. The molecule has 4 aromatic rings. The summed E-state index contributed by atoms with van der Waals surface area (Å²) in [6, 6.07) is 17.2. The average Bonchev–Trinajstić information content (AvgIpc) is 3.19. The molecule has 0 fully saturated rings. The maximum atomic E-state index is 12.6. The van der Waals surface area contributed by atoms with Gasteiger partial charge in [-0.05, 0) is 38.1 Å². The summed E-state index contributed by atoms with van der Waals surface area (Å²) in [5, 5.41) is 16.4. The summed E-state index contributed by atoms with van der Waals surface area (Å²) in [4.78, 5) is 28.2. The van der Waals surface area contributed by atoms with Crippen LogP contribution in [0.4, 0.5) is 10.5 Å². The first-order valence-electron chi connectivity index (χ1n) is 10.3. The summed E-state index contributed by atoms with van der Waals surface area (Å²) in [7, 11) is 0. The number of carboxylic acid groups (broad SMARTS) is 1. The third-order valence-electron chi connectivity index (χ3n) is 5.14. The number of amides is 1. The molecule has 34 heavy (non-hydrogen) atoms. The van der Waals surface area contributed by atoms with E-state index < -0.39 is 18.2 Å². The van der Waals surface area contributed by atoms with Crippen LogP contribution in [0, 0.1) is 6.92 Å². The zero-order valence-corrected chi connectivity index (χ0v) is 19.0. The number of aromatic carboxylic acids is 1. The van der Waals surface area contributed by atoms with Crippen molar-refractivity contribution >= 4 is 29.4 Å². The first-order chi connectivity index (χ1) is 16.3. The molecule has 0 aliphatic carbocycles. The highest BCUT2D eigenvalue weighted by atomic mass is 35.5. The quantitative estimate of drug-likeness (QED) is 0.331. The molecule has 0 bridgehead atoms. The van der Waals surface area contributed by atoms with Crippen molar-refractivity contribution in [3.63, 3.8) is 0 Å². The number of hydrogen-bond donors (Lipinski definition) is 2. The maximum absolute atomic E-state index is 12.6. The third-order valence-corrected chi connectivity index (χ3v) is 5.49. The van der Waals surface area contributed by atoms with Crippen LogP contribution in [0.3, 0.4) is 0 Å². The predicted octanol–water partition coefficient (Wildman–Crippen LogP) is 6.37. The molecule has 0 aliphatic heterocycles. The number of aromatic nitrogens is 2. The smallest absolute Gasteiger partial charge is 0.412 e. The van der Waals surface area contributed by atoms with Crippen molar-refractivity contribution in [1.29, 1.82) is 0 Å². The van der Waals surface area contributed by atoms with E-state index >= 15 is 0 Å². The lowest BCUT2D eigenvalue weighted by atomic mass is 10.0. The fraction of sp³-hybridized carbons (Fsp3) is 0.120. The molecule has 0 aliphatic rings. The van der Waals surface area contributed by atoms with Crippen LogP contribution in [-0.2, 0) is 4.74 Å². The van der Waals surface area contributed by atoms with E-state index in [1.54, 1.807) is 56.3 Å². The van der Waals surface area contributed by atoms with Crippen LogP contribution in [0.15, 0.2) is 71.4 Å². The lowest BCUT2D eigenvalue weighted by Crippen LogP contribution is -2.17. The number of rotatable bonds is 6. The number of benzene rings is 2. The molecule has 1 atom stereocenters. The van der Waals surface area contributed by atoms with Gasteiger partial charge < -0.3 is 14.4 Å². The fourth-order valence-electron chi connectivity index (χ4n) is 3.42. The lowest BCUT2D eigenvalue weighted by molar-refractivity contribution is 0.0696. The molecular formula is C25H20ClN3O5. The van der Waals surface area contributed by atoms with E-state index in [1.807, 2.05) is 6.07 Å². The van der Waals surface area contributed by atoms with Gasteiger partial charge in [-0.2, -0.15) is 0 Å². The molecule has 1 amide bonds. The number of nitrogens with one attached hydrogen (secondary N) is 1. The van der Waals surface area contributed by atoms with Gasteiger partial charge in [-0.25, -0.2) is 9.59 Å². The van der Waals surface area contributed by atoms with E-state index in [4.69, 9.17) is 20.9 Å². The van der Waals surface area contributed by atoms with E-state index in [9.17, 15) is 14.7 Å². The van der Waals surface area contributed by atoms with Crippen molar-refractivity contribution in [3.05, 3.63) is 88.7 Å². The van der Waals surface area contributed by atoms with Gasteiger partial charge in [0.25, 0.3) is 0 Å². The van der Waals surface area contributed by atoms with E-state index in [2.05, 4.69) is 15.5 Å². The van der Waals surface area contributed by atoms with Crippen LogP contribution in [0.25, 0.3) is 22.6 Å². The molecule has 2 aromatic heterocycles. The molecule has 0 saturated carbocycles. The van der Waals surface area contributed by atoms with Crippen molar-refractivity contribution in [2.75, 3.05) is 5.32 Å². The number of nitrogens with zero attached hydrogens (tertiary/aromatic N) is 2. The SMILES string of the molecule is Cc1noc(-c2cccc(-c3cc(C(=O)O)ccn3)c2)c1NC(=O)OC(C)c1ccccc1Cl. The minimum absolute atomic E-state index is 0.128. The summed E-state index contributed by atoms with van der Waals surface area (Å²) in [5.41, 5.74) is 3.43. The largest absolute Gasteiger partial charge is 0.478 e. The van der Waals surface area contributed by atoms with E-state index in [0.717, 1.165) is 0 Å². The minimum atomic E-state index is -1.04. The van der Waals surface area contributed by atoms with Crippen LogP contribution in [0.5, 0.6) is 0 Å². The van der Waals surface area contributed by atoms with Gasteiger partial charge in [0.2, 0.25) is 0 Å². The van der Waals surface area contributed by atoms with Gasteiger partial charge in [0, 0.05) is 27.9 Å². The molecule has 2 N–H and O–H groups in total. The maximum Gasteiger partial charge on any atom is 0.412 e. The first-order valence-corrected chi connectivity index (χ1v) is 10.7. The standard InChI is InChI=1S/C25H20ClN3O5/c1-14-22(28-25(32)33-15(2)19-8-3-4-9-20(19)26)23(34-29-14)17-7-5-6-16(12-17)21-13-18(24(30)31)10-11-27-21/h3-13,15H,1-2H3,(H,28,32)(H,30,31). The van der Waals surface area contributed by atoms with Gasteiger partial charge in [0.15, 0.2) is 5.76 Å². The Morgan fingerprint density at radius 1 is 1.09 bits per heavy atom. The zero-order valence-electron chi connectivity index (χ0n) is 18.3. The summed E-state index contributed by atoms with van der Waals surface area (Å²) in [5.74, 6) is -0.710. The summed E-state index contributed by atoms with van der Waals surface area (Å²) < 4.78 is 11.0. The van der Waals surface area contributed by atoms with Crippen LogP contribution >= 0.6 is 11.6 Å². The number of ether oxygens (including phenoxy) is 1. The Kier molecular flexibility index (Phi) is 6.60. The Morgan fingerprint density at radius 2 is 1.85 bits per heavy atom. The number of carbonyl (C=O) groups is 2. The van der Waals surface area contributed by atoms with Crippen LogP contribution in [0.2, 0.25) is 5.02 Å². The molecule has 4 rings (SSSR count). The summed E-state index contributed by atoms with van der Waals surface area (Å²) in [6.45, 7) is 3.42. The van der Waals surface area contributed by atoms with Gasteiger partial charge in [-0.1, -0.05) is 53.2 Å². The third kappa shape index (κ3) is 4.92. The van der Waals surface area contributed by atoms with Crippen LogP contribution in [0.1, 0.15) is 34.6 Å². The molecule has 0 spiro atoms. The Bertz CT molecular complexity index is 1370. The molecular weight excluding hydrogens is 458 g/mol. The molecule has 9 heteroatoms. The van der Waals surface area contributed by atoms with E-state index in [1.165, 1.54) is 18.3 Å². The molecule has 2 aromatic carbocycles. The minimum Gasteiger partial charge on any atom is -0.478 e.